The number of benzene rings is 1. The number of hydrogen-bond acceptors (Lipinski definition) is 6. The second kappa shape index (κ2) is 7.60. The number of rotatable bonds is 4. The van der Waals surface area contributed by atoms with Gasteiger partial charge in [-0.2, -0.15) is 0 Å². The van der Waals surface area contributed by atoms with Crippen molar-refractivity contribution in [1.29, 1.82) is 0 Å². The van der Waals surface area contributed by atoms with Gasteiger partial charge >= 0.3 is 0 Å². The Bertz CT molecular complexity index is 1090. The van der Waals surface area contributed by atoms with Gasteiger partial charge in [0.25, 0.3) is 5.91 Å². The van der Waals surface area contributed by atoms with Crippen molar-refractivity contribution < 1.29 is 19.2 Å². The summed E-state index contributed by atoms with van der Waals surface area (Å²) in [7, 11) is 0. The molecule has 10 heteroatoms. The van der Waals surface area contributed by atoms with E-state index in [1.165, 1.54) is 4.90 Å². The molecular formula is C21H22N6O4. The van der Waals surface area contributed by atoms with Crippen LogP contribution in [0.2, 0.25) is 0 Å². The molecule has 1 aromatic carbocycles. The Hall–Kier alpha value is -3.56. The summed E-state index contributed by atoms with van der Waals surface area (Å²) in [5, 5.41) is 13.6. The number of carbonyl (C=O) groups excluding carboxylic acids is 4. The van der Waals surface area contributed by atoms with Gasteiger partial charge in [-0.05, 0) is 31.4 Å². The van der Waals surface area contributed by atoms with E-state index in [4.69, 9.17) is 0 Å². The predicted molar refractivity (Wildman–Crippen MR) is 107 cm³/mol. The summed E-state index contributed by atoms with van der Waals surface area (Å²) in [6, 6.07) is 4.69. The topological polar surface area (TPSA) is 126 Å². The van der Waals surface area contributed by atoms with Crippen molar-refractivity contribution in [3.05, 3.63) is 41.2 Å². The Labute approximate surface area is 178 Å². The molecular weight excluding hydrogens is 400 g/mol. The van der Waals surface area contributed by atoms with E-state index in [9.17, 15) is 19.2 Å². The molecule has 2 N–H and O–H groups in total. The summed E-state index contributed by atoms with van der Waals surface area (Å²) >= 11 is 0. The number of piperidine rings is 2. The molecule has 160 valence electrons. The monoisotopic (exact) mass is 422 g/mol. The lowest BCUT2D eigenvalue weighted by atomic mass is 9.94. The number of imide groups is 1. The minimum absolute atomic E-state index is 0.0480. The first kappa shape index (κ1) is 19.4. The number of amides is 4. The Morgan fingerprint density at radius 1 is 1.10 bits per heavy atom. The first-order chi connectivity index (χ1) is 15.0. The van der Waals surface area contributed by atoms with Crippen LogP contribution in [-0.4, -0.2) is 56.1 Å². The minimum Gasteiger partial charge on any atom is -0.356 e. The van der Waals surface area contributed by atoms with Crippen LogP contribution in [0.1, 0.15) is 47.3 Å². The third kappa shape index (κ3) is 3.47. The van der Waals surface area contributed by atoms with Gasteiger partial charge in [0.1, 0.15) is 6.04 Å². The lowest BCUT2D eigenvalue weighted by Gasteiger charge is -2.29. The van der Waals surface area contributed by atoms with E-state index in [0.717, 1.165) is 24.9 Å². The van der Waals surface area contributed by atoms with Gasteiger partial charge in [0.2, 0.25) is 17.7 Å². The van der Waals surface area contributed by atoms with E-state index in [1.54, 1.807) is 23.0 Å². The SMILES string of the molecule is O=C1CCC(N2Cc3c(cccc3-n3cc(CC4CCCNC4=O)nn3)C2=O)C(=O)N1. The smallest absolute Gasteiger partial charge is 0.255 e. The second-order valence-electron chi connectivity index (χ2n) is 8.19. The summed E-state index contributed by atoms with van der Waals surface area (Å²) in [5.74, 6) is -1.04. The highest BCUT2D eigenvalue weighted by Crippen LogP contribution is 2.31. The molecule has 0 bridgehead atoms. The number of fused-ring (bicyclic) bond motifs is 1. The van der Waals surface area contributed by atoms with E-state index in [-0.39, 0.29) is 36.6 Å². The maximum Gasteiger partial charge on any atom is 0.255 e. The number of hydrogen-bond donors (Lipinski definition) is 2. The quantitative estimate of drug-likeness (QED) is 0.673. The molecule has 0 saturated carbocycles. The van der Waals surface area contributed by atoms with Gasteiger partial charge in [-0.1, -0.05) is 11.3 Å². The summed E-state index contributed by atoms with van der Waals surface area (Å²) in [5.41, 5.74) is 2.72. The van der Waals surface area contributed by atoms with Crippen LogP contribution in [0.25, 0.3) is 5.69 Å². The van der Waals surface area contributed by atoms with Crippen molar-refractivity contribution >= 4 is 23.6 Å². The molecule has 0 spiro atoms. The van der Waals surface area contributed by atoms with Crippen molar-refractivity contribution in [3.63, 3.8) is 0 Å². The first-order valence-corrected chi connectivity index (χ1v) is 10.5. The summed E-state index contributed by atoms with van der Waals surface area (Å²) in [6.07, 6.45) is 4.61. The molecule has 0 radical (unpaired) electrons. The molecule has 2 atom stereocenters. The standard InChI is InChI=1S/C21H22N6O4/c28-18-7-6-17(20(30)23-18)26-11-15-14(21(26)31)4-1-5-16(15)27-10-13(24-25-27)9-12-3-2-8-22-19(12)29/h1,4-5,10,12,17H,2-3,6-9,11H2,(H,22,29)(H,23,28,30). The van der Waals surface area contributed by atoms with Gasteiger partial charge in [-0.15, -0.1) is 5.10 Å². The van der Waals surface area contributed by atoms with Crippen molar-refractivity contribution in [2.24, 2.45) is 5.92 Å². The molecule has 2 aromatic rings. The largest absolute Gasteiger partial charge is 0.356 e. The fourth-order valence-electron chi connectivity index (χ4n) is 4.58. The van der Waals surface area contributed by atoms with Crippen molar-refractivity contribution in [3.8, 4) is 5.69 Å². The fourth-order valence-corrected chi connectivity index (χ4v) is 4.58. The van der Waals surface area contributed by atoms with Crippen molar-refractivity contribution in [2.75, 3.05) is 6.54 Å². The fraction of sp³-hybridized carbons (Fsp3) is 0.429. The van der Waals surface area contributed by atoms with E-state index in [1.807, 2.05) is 6.07 Å². The van der Waals surface area contributed by atoms with Crippen LogP contribution in [0.15, 0.2) is 24.4 Å². The van der Waals surface area contributed by atoms with E-state index in [2.05, 4.69) is 20.9 Å². The van der Waals surface area contributed by atoms with Gasteiger partial charge in [0, 0.05) is 43.0 Å². The first-order valence-electron chi connectivity index (χ1n) is 10.5. The summed E-state index contributed by atoms with van der Waals surface area (Å²) in [4.78, 5) is 50.3. The lowest BCUT2D eigenvalue weighted by molar-refractivity contribution is -0.137. The van der Waals surface area contributed by atoms with Crippen LogP contribution in [0.5, 0.6) is 0 Å². The van der Waals surface area contributed by atoms with E-state index in [0.29, 0.717) is 29.8 Å². The molecule has 0 aliphatic carbocycles. The summed E-state index contributed by atoms with van der Waals surface area (Å²) in [6.45, 7) is 0.979. The molecule has 10 nitrogen and oxygen atoms in total. The van der Waals surface area contributed by atoms with Crippen LogP contribution < -0.4 is 10.6 Å². The van der Waals surface area contributed by atoms with Crippen LogP contribution >= 0.6 is 0 Å². The number of carbonyl (C=O) groups is 4. The molecule has 3 aliphatic rings. The van der Waals surface area contributed by atoms with Crippen molar-refractivity contribution in [2.45, 2.75) is 44.7 Å². The molecule has 1 aromatic heterocycles. The zero-order valence-corrected chi connectivity index (χ0v) is 16.8. The average molecular weight is 422 g/mol. The van der Waals surface area contributed by atoms with Gasteiger partial charge in [0.05, 0.1) is 17.6 Å². The molecule has 2 fully saturated rings. The van der Waals surface area contributed by atoms with E-state index >= 15 is 0 Å². The van der Waals surface area contributed by atoms with E-state index < -0.39 is 11.9 Å². The number of aromatic nitrogens is 3. The molecule has 31 heavy (non-hydrogen) atoms. The Kier molecular flexibility index (Phi) is 4.76. The van der Waals surface area contributed by atoms with Gasteiger partial charge in [0.15, 0.2) is 0 Å². The highest BCUT2D eigenvalue weighted by Gasteiger charge is 2.40. The molecule has 4 heterocycles. The van der Waals surface area contributed by atoms with Gasteiger partial charge in [-0.3, -0.25) is 24.5 Å². The third-order valence-electron chi connectivity index (χ3n) is 6.20. The minimum atomic E-state index is -0.665. The average Bonchev–Trinajstić information content (AvgIpc) is 3.35. The van der Waals surface area contributed by atoms with Crippen LogP contribution in [-0.2, 0) is 27.3 Å². The van der Waals surface area contributed by atoms with Crippen LogP contribution in [0.4, 0.5) is 0 Å². The van der Waals surface area contributed by atoms with Crippen molar-refractivity contribution in [1.82, 2.24) is 30.5 Å². The zero-order chi connectivity index (χ0) is 21.5. The molecule has 2 saturated heterocycles. The van der Waals surface area contributed by atoms with Gasteiger partial charge in [-0.25, -0.2) is 4.68 Å². The number of nitrogens with zero attached hydrogens (tertiary/aromatic N) is 4. The Morgan fingerprint density at radius 3 is 2.77 bits per heavy atom. The normalized spacial score (nSPS) is 23.5. The lowest BCUT2D eigenvalue weighted by Crippen LogP contribution is -2.52. The molecule has 4 amide bonds. The molecule has 5 rings (SSSR count). The predicted octanol–water partition coefficient (Wildman–Crippen LogP) is 0.0970. The molecule has 3 aliphatic heterocycles. The zero-order valence-electron chi connectivity index (χ0n) is 16.8. The number of nitrogens with one attached hydrogen (secondary N) is 2. The Morgan fingerprint density at radius 2 is 1.97 bits per heavy atom. The summed E-state index contributed by atoms with van der Waals surface area (Å²) < 4.78 is 1.62. The van der Waals surface area contributed by atoms with Crippen LogP contribution in [0, 0.1) is 5.92 Å². The van der Waals surface area contributed by atoms with Crippen LogP contribution in [0.3, 0.4) is 0 Å². The molecule has 2 unspecified atom stereocenters. The highest BCUT2D eigenvalue weighted by atomic mass is 16.2. The second-order valence-corrected chi connectivity index (χ2v) is 8.19. The highest BCUT2D eigenvalue weighted by molar-refractivity contribution is 6.05. The Balaban J connectivity index is 1.39. The maximum atomic E-state index is 13.0. The van der Waals surface area contributed by atoms with Gasteiger partial charge < -0.3 is 10.2 Å². The third-order valence-corrected chi connectivity index (χ3v) is 6.20. The maximum absolute atomic E-state index is 13.0.